The molecule has 1 aliphatic rings. The molecule has 1 aliphatic carbocycles. The maximum atomic E-state index is 12.9. The fourth-order valence-corrected chi connectivity index (χ4v) is 3.97. The fraction of sp³-hybridized carbons (Fsp3) is 0.217. The van der Waals surface area contributed by atoms with E-state index in [0.717, 1.165) is 22.6 Å². The molecular formula is C23H20N4O3. The number of Topliss-reactive ketones (excluding diaryl/α,β-unsaturated/α-hetero) is 1. The summed E-state index contributed by atoms with van der Waals surface area (Å²) in [6.07, 6.45) is 2.78. The standard InChI is InChI=1S/C23H20N4O3/c1-29-16-8-9-17(21(12-16)30-2)15-10-19-18(20(28)11-15)13-27-23(24-19)25-22(26-27)14-6-4-3-5-7-14/h3-9,12-13,15H,10-11H2,1-2H3/t15-/m0/s1. The van der Waals surface area contributed by atoms with Gasteiger partial charge in [0.05, 0.1) is 25.5 Å². The zero-order chi connectivity index (χ0) is 20.7. The first-order chi connectivity index (χ1) is 14.7. The summed E-state index contributed by atoms with van der Waals surface area (Å²) in [5, 5.41) is 4.51. The minimum atomic E-state index is -0.0164. The summed E-state index contributed by atoms with van der Waals surface area (Å²) < 4.78 is 12.4. The summed E-state index contributed by atoms with van der Waals surface area (Å²) in [6, 6.07) is 15.4. The fourth-order valence-electron chi connectivity index (χ4n) is 3.97. The number of fused-ring (bicyclic) bond motifs is 2. The van der Waals surface area contributed by atoms with Crippen molar-refractivity contribution in [2.24, 2.45) is 0 Å². The number of carbonyl (C=O) groups is 1. The number of ether oxygens (including phenoxy) is 2. The Morgan fingerprint density at radius 1 is 1.00 bits per heavy atom. The van der Waals surface area contributed by atoms with E-state index >= 15 is 0 Å². The van der Waals surface area contributed by atoms with Gasteiger partial charge in [-0.05, 0) is 18.1 Å². The predicted octanol–water partition coefficient (Wildman–Crippen LogP) is 3.72. The summed E-state index contributed by atoms with van der Waals surface area (Å²) in [4.78, 5) is 22.2. The molecule has 4 aromatic rings. The normalized spacial score (nSPS) is 15.8. The zero-order valence-corrected chi connectivity index (χ0v) is 16.7. The Bertz CT molecular complexity index is 1250. The topological polar surface area (TPSA) is 78.6 Å². The Morgan fingerprint density at radius 3 is 2.60 bits per heavy atom. The molecule has 0 spiro atoms. The maximum absolute atomic E-state index is 12.9. The smallest absolute Gasteiger partial charge is 0.252 e. The molecule has 150 valence electrons. The van der Waals surface area contributed by atoms with Crippen LogP contribution in [0, 0.1) is 0 Å². The van der Waals surface area contributed by atoms with Gasteiger partial charge in [-0.15, -0.1) is 5.10 Å². The van der Waals surface area contributed by atoms with Crippen LogP contribution in [0.2, 0.25) is 0 Å². The van der Waals surface area contributed by atoms with Gasteiger partial charge < -0.3 is 9.47 Å². The second kappa shape index (κ2) is 7.26. The van der Waals surface area contributed by atoms with Gasteiger partial charge in [-0.2, -0.15) is 4.98 Å². The van der Waals surface area contributed by atoms with Gasteiger partial charge in [0.1, 0.15) is 11.5 Å². The van der Waals surface area contributed by atoms with Gasteiger partial charge in [0, 0.05) is 30.2 Å². The van der Waals surface area contributed by atoms with Crippen molar-refractivity contribution in [2.45, 2.75) is 18.8 Å². The van der Waals surface area contributed by atoms with Gasteiger partial charge in [0.2, 0.25) is 0 Å². The van der Waals surface area contributed by atoms with E-state index in [4.69, 9.17) is 9.47 Å². The molecule has 0 aliphatic heterocycles. The van der Waals surface area contributed by atoms with Gasteiger partial charge in [-0.25, -0.2) is 9.50 Å². The van der Waals surface area contributed by atoms with Crippen LogP contribution in [0.3, 0.4) is 0 Å². The van der Waals surface area contributed by atoms with Crippen molar-refractivity contribution in [1.82, 2.24) is 19.6 Å². The summed E-state index contributed by atoms with van der Waals surface area (Å²) in [6.45, 7) is 0. The van der Waals surface area contributed by atoms with Crippen molar-refractivity contribution >= 4 is 11.6 Å². The molecule has 5 rings (SSSR count). The van der Waals surface area contributed by atoms with Gasteiger partial charge >= 0.3 is 0 Å². The van der Waals surface area contributed by atoms with Crippen LogP contribution in [0.1, 0.15) is 34.0 Å². The highest BCUT2D eigenvalue weighted by Gasteiger charge is 2.30. The highest BCUT2D eigenvalue weighted by atomic mass is 16.5. The molecule has 0 saturated heterocycles. The third kappa shape index (κ3) is 3.08. The maximum Gasteiger partial charge on any atom is 0.252 e. The number of hydrogen-bond donors (Lipinski definition) is 0. The lowest BCUT2D eigenvalue weighted by Crippen LogP contribution is -2.21. The lowest BCUT2D eigenvalue weighted by molar-refractivity contribution is 0.0962. The van der Waals surface area contributed by atoms with E-state index in [-0.39, 0.29) is 11.7 Å². The highest BCUT2D eigenvalue weighted by Crippen LogP contribution is 2.38. The zero-order valence-electron chi connectivity index (χ0n) is 16.7. The number of hydrogen-bond acceptors (Lipinski definition) is 6. The first-order valence-corrected chi connectivity index (χ1v) is 9.73. The quantitative estimate of drug-likeness (QED) is 0.520. The minimum Gasteiger partial charge on any atom is -0.497 e. The molecule has 0 unspecified atom stereocenters. The van der Waals surface area contributed by atoms with Crippen molar-refractivity contribution < 1.29 is 14.3 Å². The Morgan fingerprint density at radius 2 is 1.83 bits per heavy atom. The van der Waals surface area contributed by atoms with E-state index in [2.05, 4.69) is 15.1 Å². The van der Waals surface area contributed by atoms with Gasteiger partial charge in [0.15, 0.2) is 11.6 Å². The summed E-state index contributed by atoms with van der Waals surface area (Å²) in [7, 11) is 3.24. The average molecular weight is 400 g/mol. The lowest BCUT2D eigenvalue weighted by Gasteiger charge is -2.24. The van der Waals surface area contributed by atoms with Crippen LogP contribution in [0.5, 0.6) is 11.5 Å². The predicted molar refractivity (Wildman–Crippen MR) is 111 cm³/mol. The molecule has 30 heavy (non-hydrogen) atoms. The SMILES string of the molecule is COc1ccc([C@@H]2CC(=O)c3cn4nc(-c5ccccc5)nc4nc3C2)c(OC)c1. The van der Waals surface area contributed by atoms with Gasteiger partial charge in [-0.3, -0.25) is 4.79 Å². The second-order valence-corrected chi connectivity index (χ2v) is 7.28. The first kappa shape index (κ1) is 18.3. The minimum absolute atomic E-state index is 0.0164. The van der Waals surface area contributed by atoms with Crippen LogP contribution >= 0.6 is 0 Å². The van der Waals surface area contributed by atoms with Crippen molar-refractivity contribution in [3.05, 3.63) is 71.5 Å². The Hall–Kier alpha value is -3.74. The Kier molecular flexibility index (Phi) is 4.43. The Balaban J connectivity index is 1.54. The number of nitrogens with zero attached hydrogens (tertiary/aromatic N) is 4. The van der Waals surface area contributed by atoms with E-state index in [1.165, 1.54) is 0 Å². The second-order valence-electron chi connectivity index (χ2n) is 7.28. The van der Waals surface area contributed by atoms with Crippen LogP contribution in [-0.2, 0) is 6.42 Å². The Labute approximate surface area is 173 Å². The molecule has 0 N–H and O–H groups in total. The number of rotatable bonds is 4. The molecule has 0 radical (unpaired) electrons. The van der Waals surface area contributed by atoms with Crippen LogP contribution in [0.15, 0.2) is 54.7 Å². The van der Waals surface area contributed by atoms with E-state index in [0.29, 0.717) is 35.8 Å². The van der Waals surface area contributed by atoms with Crippen molar-refractivity contribution in [3.63, 3.8) is 0 Å². The molecule has 0 bridgehead atoms. The third-order valence-corrected chi connectivity index (χ3v) is 5.49. The molecule has 2 aromatic carbocycles. The summed E-state index contributed by atoms with van der Waals surface area (Å²) >= 11 is 0. The van der Waals surface area contributed by atoms with Crippen LogP contribution in [-0.4, -0.2) is 39.6 Å². The van der Waals surface area contributed by atoms with E-state index < -0.39 is 0 Å². The molecule has 1 atom stereocenters. The van der Waals surface area contributed by atoms with E-state index in [1.807, 2.05) is 48.5 Å². The molecular weight excluding hydrogens is 380 g/mol. The third-order valence-electron chi connectivity index (χ3n) is 5.49. The van der Waals surface area contributed by atoms with Gasteiger partial charge in [0.25, 0.3) is 5.78 Å². The monoisotopic (exact) mass is 400 g/mol. The van der Waals surface area contributed by atoms with Crippen molar-refractivity contribution in [2.75, 3.05) is 14.2 Å². The lowest BCUT2D eigenvalue weighted by atomic mass is 9.82. The van der Waals surface area contributed by atoms with Crippen LogP contribution in [0.4, 0.5) is 0 Å². The number of ketones is 1. The van der Waals surface area contributed by atoms with Crippen molar-refractivity contribution in [3.8, 4) is 22.9 Å². The average Bonchev–Trinajstić information content (AvgIpc) is 3.21. The molecule has 7 heteroatoms. The van der Waals surface area contributed by atoms with Crippen LogP contribution in [0.25, 0.3) is 17.2 Å². The molecule has 0 saturated carbocycles. The first-order valence-electron chi connectivity index (χ1n) is 9.73. The van der Waals surface area contributed by atoms with Crippen LogP contribution < -0.4 is 9.47 Å². The molecule has 0 amide bonds. The van der Waals surface area contributed by atoms with Crippen molar-refractivity contribution in [1.29, 1.82) is 0 Å². The number of aromatic nitrogens is 4. The number of methoxy groups -OCH3 is 2. The molecule has 0 fully saturated rings. The summed E-state index contributed by atoms with van der Waals surface area (Å²) in [5.74, 6) is 2.54. The van der Waals surface area contributed by atoms with E-state index in [9.17, 15) is 4.79 Å². The summed E-state index contributed by atoms with van der Waals surface area (Å²) in [5.41, 5.74) is 3.24. The number of benzene rings is 2. The number of carbonyl (C=O) groups excluding carboxylic acids is 1. The van der Waals surface area contributed by atoms with Gasteiger partial charge in [-0.1, -0.05) is 36.4 Å². The molecule has 2 aromatic heterocycles. The highest BCUT2D eigenvalue weighted by molar-refractivity contribution is 5.98. The largest absolute Gasteiger partial charge is 0.497 e. The molecule has 2 heterocycles. The molecule has 7 nitrogen and oxygen atoms in total. The van der Waals surface area contributed by atoms with E-state index in [1.54, 1.807) is 24.9 Å².